The van der Waals surface area contributed by atoms with Crippen LogP contribution in [0.25, 0.3) is 0 Å². The van der Waals surface area contributed by atoms with Crippen LogP contribution in [0.1, 0.15) is 291 Å². The SMILES string of the molecule is CCCCCCCCCCCCCCC(CCCCCCCCCC)(CCCCCCCCCC)C(C)CCCCCCCCCC. The summed E-state index contributed by atoms with van der Waals surface area (Å²) < 4.78 is 0. The fourth-order valence-electron chi connectivity index (χ4n) is 8.54. The fourth-order valence-corrected chi connectivity index (χ4v) is 8.54. The Bertz CT molecular complexity index is 528. The second kappa shape index (κ2) is 38.8. The summed E-state index contributed by atoms with van der Waals surface area (Å²) in [5.41, 5.74) is 0.629. The van der Waals surface area contributed by atoms with Crippen LogP contribution in [0.3, 0.4) is 0 Å². The highest BCUT2D eigenvalue weighted by Gasteiger charge is 2.34. The van der Waals surface area contributed by atoms with Crippen molar-refractivity contribution in [1.82, 2.24) is 0 Å². The van der Waals surface area contributed by atoms with Crippen molar-refractivity contribution < 1.29 is 0 Å². The Balaban J connectivity index is 4.97. The van der Waals surface area contributed by atoms with Crippen molar-refractivity contribution in [3.63, 3.8) is 0 Å². The first-order chi connectivity index (χ1) is 23.2. The van der Waals surface area contributed by atoms with Gasteiger partial charge >= 0.3 is 0 Å². The maximum absolute atomic E-state index is 2.72. The first kappa shape index (κ1) is 47.0. The summed E-state index contributed by atoms with van der Waals surface area (Å²) in [7, 11) is 0. The minimum absolute atomic E-state index is 0.629. The first-order valence-corrected chi connectivity index (χ1v) is 23.2. The van der Waals surface area contributed by atoms with Crippen molar-refractivity contribution in [3.05, 3.63) is 0 Å². The summed E-state index contributed by atoms with van der Waals surface area (Å²) in [6.07, 6.45) is 59.0. The third-order valence-corrected chi connectivity index (χ3v) is 12.1. The average molecular weight is 661 g/mol. The van der Waals surface area contributed by atoms with Crippen LogP contribution in [0.4, 0.5) is 0 Å². The van der Waals surface area contributed by atoms with E-state index in [2.05, 4.69) is 34.6 Å². The van der Waals surface area contributed by atoms with Gasteiger partial charge in [0.2, 0.25) is 0 Å². The molecule has 0 fully saturated rings. The highest BCUT2D eigenvalue weighted by molar-refractivity contribution is 4.85. The molecular formula is C47H96. The Morgan fingerprint density at radius 3 is 0.681 bits per heavy atom. The zero-order chi connectivity index (χ0) is 34.4. The predicted molar refractivity (Wildman–Crippen MR) is 219 cm³/mol. The van der Waals surface area contributed by atoms with Crippen LogP contribution >= 0.6 is 0 Å². The molecule has 0 aliphatic heterocycles. The van der Waals surface area contributed by atoms with Gasteiger partial charge in [0.05, 0.1) is 0 Å². The maximum atomic E-state index is 2.72. The molecule has 0 saturated heterocycles. The molecule has 0 saturated carbocycles. The molecule has 0 aliphatic rings. The summed E-state index contributed by atoms with van der Waals surface area (Å²) in [5, 5.41) is 0. The van der Waals surface area contributed by atoms with Crippen molar-refractivity contribution in [3.8, 4) is 0 Å². The Kier molecular flexibility index (Phi) is 38.8. The Morgan fingerprint density at radius 1 is 0.255 bits per heavy atom. The molecular weight excluding hydrogens is 565 g/mol. The number of hydrogen-bond donors (Lipinski definition) is 0. The van der Waals surface area contributed by atoms with Crippen LogP contribution in [0.15, 0.2) is 0 Å². The van der Waals surface area contributed by atoms with Gasteiger partial charge < -0.3 is 0 Å². The van der Waals surface area contributed by atoms with Crippen LogP contribution in [-0.2, 0) is 0 Å². The van der Waals surface area contributed by atoms with E-state index in [4.69, 9.17) is 0 Å². The summed E-state index contributed by atoms with van der Waals surface area (Å²) in [4.78, 5) is 0. The molecule has 0 aromatic carbocycles. The van der Waals surface area contributed by atoms with E-state index in [1.807, 2.05) is 0 Å². The molecule has 1 atom stereocenters. The molecule has 0 N–H and O–H groups in total. The lowest BCUT2D eigenvalue weighted by Crippen LogP contribution is -2.29. The van der Waals surface area contributed by atoms with E-state index in [1.165, 1.54) is 257 Å². The van der Waals surface area contributed by atoms with E-state index in [-0.39, 0.29) is 0 Å². The van der Waals surface area contributed by atoms with E-state index >= 15 is 0 Å². The van der Waals surface area contributed by atoms with Gasteiger partial charge in [-0.1, -0.05) is 272 Å². The van der Waals surface area contributed by atoms with E-state index < -0.39 is 0 Å². The Labute approximate surface area is 302 Å². The van der Waals surface area contributed by atoms with Crippen molar-refractivity contribution in [2.24, 2.45) is 11.3 Å². The molecule has 0 spiro atoms. The van der Waals surface area contributed by atoms with E-state index in [0.29, 0.717) is 5.41 Å². The van der Waals surface area contributed by atoms with Gasteiger partial charge in [-0.2, -0.15) is 0 Å². The van der Waals surface area contributed by atoms with Gasteiger partial charge in [0.1, 0.15) is 0 Å². The quantitative estimate of drug-likeness (QED) is 0.0572. The van der Waals surface area contributed by atoms with Crippen molar-refractivity contribution in [1.29, 1.82) is 0 Å². The standard InChI is InChI=1S/C47H96/c1-6-10-14-18-22-26-27-28-29-33-37-41-45-47(43-39-35-31-24-20-16-12-8-3,44-40-36-32-25-21-17-13-9-4)46(5)42-38-34-30-23-19-15-11-7-2/h46H,6-45H2,1-5H3. The largest absolute Gasteiger partial charge is 0.0654 e. The molecule has 0 aromatic rings. The van der Waals surface area contributed by atoms with Gasteiger partial charge in [-0.3, -0.25) is 0 Å². The minimum Gasteiger partial charge on any atom is -0.0654 e. The third kappa shape index (κ3) is 31.7. The van der Waals surface area contributed by atoms with Crippen LogP contribution in [0.5, 0.6) is 0 Å². The summed E-state index contributed by atoms with van der Waals surface area (Å²) >= 11 is 0. The van der Waals surface area contributed by atoms with Gasteiger partial charge in [0.25, 0.3) is 0 Å². The molecule has 0 aliphatic carbocycles. The van der Waals surface area contributed by atoms with Gasteiger partial charge in [0.15, 0.2) is 0 Å². The molecule has 284 valence electrons. The van der Waals surface area contributed by atoms with Gasteiger partial charge in [-0.25, -0.2) is 0 Å². The average Bonchev–Trinajstić information content (AvgIpc) is 3.08. The van der Waals surface area contributed by atoms with Crippen molar-refractivity contribution >= 4 is 0 Å². The molecule has 0 aromatic heterocycles. The van der Waals surface area contributed by atoms with Gasteiger partial charge in [-0.05, 0) is 30.6 Å². The predicted octanol–water partition coefficient (Wildman–Crippen LogP) is 18.3. The highest BCUT2D eigenvalue weighted by atomic mass is 14.4. The molecule has 0 heteroatoms. The first-order valence-electron chi connectivity index (χ1n) is 23.2. The summed E-state index contributed by atoms with van der Waals surface area (Å²) in [5.74, 6) is 0.921. The second-order valence-electron chi connectivity index (χ2n) is 16.6. The molecule has 1 unspecified atom stereocenters. The minimum atomic E-state index is 0.629. The fraction of sp³-hybridized carbons (Fsp3) is 1.00. The molecule has 0 amide bonds. The van der Waals surface area contributed by atoms with Gasteiger partial charge in [-0.15, -0.1) is 0 Å². The zero-order valence-electron chi connectivity index (χ0n) is 34.4. The van der Waals surface area contributed by atoms with Crippen LogP contribution in [0, 0.1) is 11.3 Å². The normalized spacial score (nSPS) is 12.7. The second-order valence-corrected chi connectivity index (χ2v) is 16.6. The maximum Gasteiger partial charge on any atom is -0.0272 e. The number of unbranched alkanes of at least 4 members (excludes halogenated alkanes) is 32. The lowest BCUT2D eigenvalue weighted by Gasteiger charge is -2.41. The third-order valence-electron chi connectivity index (χ3n) is 12.1. The lowest BCUT2D eigenvalue weighted by molar-refractivity contribution is 0.102. The lowest BCUT2D eigenvalue weighted by atomic mass is 9.64. The van der Waals surface area contributed by atoms with E-state index in [1.54, 1.807) is 0 Å². The molecule has 0 radical (unpaired) electrons. The van der Waals surface area contributed by atoms with Crippen LogP contribution < -0.4 is 0 Å². The number of rotatable bonds is 41. The molecule has 0 nitrogen and oxygen atoms in total. The van der Waals surface area contributed by atoms with Crippen LogP contribution in [-0.4, -0.2) is 0 Å². The topological polar surface area (TPSA) is 0 Å². The molecule has 0 bridgehead atoms. The Morgan fingerprint density at radius 2 is 0.447 bits per heavy atom. The molecule has 0 heterocycles. The monoisotopic (exact) mass is 661 g/mol. The Hall–Kier alpha value is 0. The van der Waals surface area contributed by atoms with E-state index in [9.17, 15) is 0 Å². The highest BCUT2D eigenvalue weighted by Crippen LogP contribution is 2.46. The molecule has 0 rings (SSSR count). The van der Waals surface area contributed by atoms with Gasteiger partial charge in [0, 0.05) is 0 Å². The van der Waals surface area contributed by atoms with Crippen LogP contribution in [0.2, 0.25) is 0 Å². The van der Waals surface area contributed by atoms with Crippen molar-refractivity contribution in [2.45, 2.75) is 291 Å². The van der Waals surface area contributed by atoms with E-state index in [0.717, 1.165) is 5.92 Å². The smallest absolute Gasteiger partial charge is 0.0272 e. The zero-order valence-corrected chi connectivity index (χ0v) is 34.4. The van der Waals surface area contributed by atoms with Crippen molar-refractivity contribution in [2.75, 3.05) is 0 Å². The molecule has 47 heavy (non-hydrogen) atoms. The summed E-state index contributed by atoms with van der Waals surface area (Å²) in [6, 6.07) is 0. The summed E-state index contributed by atoms with van der Waals surface area (Å²) in [6.45, 7) is 12.1. The number of hydrogen-bond acceptors (Lipinski definition) is 0.